The average molecular weight is 311 g/mol. The van der Waals surface area contributed by atoms with Gasteiger partial charge in [-0.2, -0.15) is 0 Å². The topological polar surface area (TPSA) is 30.5 Å². The number of thiophene rings is 2. The highest BCUT2D eigenvalue weighted by Crippen LogP contribution is 2.25. The summed E-state index contributed by atoms with van der Waals surface area (Å²) in [7, 11) is 3.34. The van der Waals surface area contributed by atoms with Crippen LogP contribution >= 0.6 is 22.7 Å². The van der Waals surface area contributed by atoms with E-state index in [9.17, 15) is 0 Å². The van der Waals surface area contributed by atoms with E-state index in [1.54, 1.807) is 36.9 Å². The number of hydrogen-bond donors (Lipinski definition) is 1. The van der Waals surface area contributed by atoms with Crippen molar-refractivity contribution < 1.29 is 9.47 Å². The Labute approximate surface area is 128 Å². The maximum absolute atomic E-state index is 5.34. The van der Waals surface area contributed by atoms with Crippen LogP contribution in [0.15, 0.2) is 35.0 Å². The van der Waals surface area contributed by atoms with Crippen molar-refractivity contribution >= 4 is 22.7 Å². The minimum absolute atomic E-state index is 0.122. The van der Waals surface area contributed by atoms with Gasteiger partial charge in [0, 0.05) is 36.4 Å². The Morgan fingerprint density at radius 3 is 2.35 bits per heavy atom. The maximum atomic E-state index is 5.34. The average Bonchev–Trinajstić information content (AvgIpc) is 3.12. The standard InChI is InChI=1S/C15H21NO2S2/c1-11(15(17-2)18-3)16-13(14-7-5-9-20-14)10-12-6-4-8-19-12/h4-9,11,13,15-16H,10H2,1-3H3. The molecule has 2 aromatic heterocycles. The predicted octanol–water partition coefficient (Wildman–Crippen LogP) is 3.69. The third kappa shape index (κ3) is 4.14. The molecule has 0 fully saturated rings. The maximum Gasteiger partial charge on any atom is 0.171 e. The van der Waals surface area contributed by atoms with Crippen LogP contribution in [-0.2, 0) is 15.9 Å². The van der Waals surface area contributed by atoms with Crippen LogP contribution in [0, 0.1) is 0 Å². The fourth-order valence-electron chi connectivity index (χ4n) is 2.26. The van der Waals surface area contributed by atoms with E-state index in [1.807, 2.05) is 0 Å². The summed E-state index contributed by atoms with van der Waals surface area (Å²) >= 11 is 3.58. The predicted molar refractivity (Wildman–Crippen MR) is 85.5 cm³/mol. The lowest BCUT2D eigenvalue weighted by Crippen LogP contribution is -2.42. The van der Waals surface area contributed by atoms with Gasteiger partial charge < -0.3 is 14.8 Å². The highest BCUT2D eigenvalue weighted by Gasteiger charge is 2.22. The molecule has 0 aliphatic heterocycles. The first kappa shape index (κ1) is 15.7. The van der Waals surface area contributed by atoms with Crippen molar-refractivity contribution in [2.45, 2.75) is 31.7 Å². The van der Waals surface area contributed by atoms with Gasteiger partial charge in [-0.1, -0.05) is 12.1 Å². The molecule has 0 amide bonds. The molecule has 0 aliphatic rings. The van der Waals surface area contributed by atoms with Crippen LogP contribution in [0.3, 0.4) is 0 Å². The van der Waals surface area contributed by atoms with Crippen molar-refractivity contribution in [3.63, 3.8) is 0 Å². The Balaban J connectivity index is 2.07. The first-order valence-electron chi connectivity index (χ1n) is 6.62. The molecule has 3 nitrogen and oxygen atoms in total. The fraction of sp³-hybridized carbons (Fsp3) is 0.467. The monoisotopic (exact) mass is 311 g/mol. The van der Waals surface area contributed by atoms with Crippen molar-refractivity contribution in [3.05, 3.63) is 44.8 Å². The zero-order valence-corrected chi connectivity index (χ0v) is 13.7. The molecule has 0 bridgehead atoms. The van der Waals surface area contributed by atoms with Crippen molar-refractivity contribution in [2.75, 3.05) is 14.2 Å². The van der Waals surface area contributed by atoms with Crippen LogP contribution in [0.25, 0.3) is 0 Å². The van der Waals surface area contributed by atoms with Gasteiger partial charge in [0.15, 0.2) is 6.29 Å². The molecule has 0 aliphatic carbocycles. The molecule has 0 saturated heterocycles. The molecule has 2 aromatic rings. The first-order chi connectivity index (χ1) is 9.74. The lowest BCUT2D eigenvalue weighted by Gasteiger charge is -2.27. The molecule has 0 radical (unpaired) electrons. The summed E-state index contributed by atoms with van der Waals surface area (Å²) in [5.41, 5.74) is 0. The zero-order valence-electron chi connectivity index (χ0n) is 12.0. The van der Waals surface area contributed by atoms with Crippen LogP contribution in [0.5, 0.6) is 0 Å². The largest absolute Gasteiger partial charge is 0.354 e. The SMILES string of the molecule is COC(OC)C(C)NC(Cc1cccs1)c1cccs1. The van der Waals surface area contributed by atoms with Gasteiger partial charge in [-0.3, -0.25) is 0 Å². The third-order valence-corrected chi connectivity index (χ3v) is 5.09. The van der Waals surface area contributed by atoms with E-state index in [-0.39, 0.29) is 18.4 Å². The molecule has 0 aromatic carbocycles. The molecule has 5 heteroatoms. The van der Waals surface area contributed by atoms with Gasteiger partial charge in [-0.15, -0.1) is 22.7 Å². The number of rotatable bonds is 8. The van der Waals surface area contributed by atoms with E-state index in [0.717, 1.165) is 6.42 Å². The molecule has 0 spiro atoms. The highest BCUT2D eigenvalue weighted by molar-refractivity contribution is 7.10. The van der Waals surface area contributed by atoms with Crippen molar-refractivity contribution in [1.29, 1.82) is 0 Å². The Kier molecular flexibility index (Phi) is 6.19. The van der Waals surface area contributed by atoms with Gasteiger partial charge in [0.25, 0.3) is 0 Å². The van der Waals surface area contributed by atoms with Crippen molar-refractivity contribution in [1.82, 2.24) is 5.32 Å². The van der Waals surface area contributed by atoms with Gasteiger partial charge >= 0.3 is 0 Å². The Hall–Kier alpha value is -0.720. The molecule has 2 rings (SSSR count). The van der Waals surface area contributed by atoms with Crippen LogP contribution in [-0.4, -0.2) is 26.6 Å². The highest BCUT2D eigenvalue weighted by atomic mass is 32.1. The van der Waals surface area contributed by atoms with Gasteiger partial charge in [0.2, 0.25) is 0 Å². The number of hydrogen-bond acceptors (Lipinski definition) is 5. The summed E-state index contributed by atoms with van der Waals surface area (Å²) in [6.07, 6.45) is 0.753. The second kappa shape index (κ2) is 7.90. The second-order valence-electron chi connectivity index (χ2n) is 4.65. The number of ether oxygens (including phenoxy) is 2. The van der Waals surface area contributed by atoms with E-state index in [1.165, 1.54) is 9.75 Å². The van der Waals surface area contributed by atoms with Crippen LogP contribution in [0.4, 0.5) is 0 Å². The molecule has 2 heterocycles. The Morgan fingerprint density at radius 2 is 1.80 bits per heavy atom. The molecule has 0 saturated carbocycles. The second-order valence-corrected chi connectivity index (χ2v) is 6.66. The van der Waals surface area contributed by atoms with Gasteiger partial charge in [0.05, 0.1) is 6.04 Å². The van der Waals surface area contributed by atoms with Gasteiger partial charge in [0.1, 0.15) is 0 Å². The summed E-state index contributed by atoms with van der Waals surface area (Å²) in [4.78, 5) is 2.73. The molecular formula is C15H21NO2S2. The molecule has 2 unspecified atom stereocenters. The van der Waals surface area contributed by atoms with Gasteiger partial charge in [-0.05, 0) is 29.8 Å². The summed E-state index contributed by atoms with van der Waals surface area (Å²) < 4.78 is 10.7. The molecule has 20 heavy (non-hydrogen) atoms. The van der Waals surface area contributed by atoms with Crippen LogP contribution in [0.1, 0.15) is 22.7 Å². The van der Waals surface area contributed by atoms with E-state index in [2.05, 4.69) is 47.3 Å². The van der Waals surface area contributed by atoms with E-state index >= 15 is 0 Å². The minimum atomic E-state index is -0.235. The quantitative estimate of drug-likeness (QED) is 0.754. The number of nitrogens with one attached hydrogen (secondary N) is 1. The fourth-order valence-corrected chi connectivity index (χ4v) is 3.80. The van der Waals surface area contributed by atoms with E-state index in [0.29, 0.717) is 0 Å². The summed E-state index contributed by atoms with van der Waals surface area (Å²) in [6, 6.07) is 8.97. The first-order valence-corrected chi connectivity index (χ1v) is 8.38. The van der Waals surface area contributed by atoms with Crippen LogP contribution < -0.4 is 5.32 Å². The normalized spacial score (nSPS) is 14.6. The molecule has 1 N–H and O–H groups in total. The Bertz CT molecular complexity index is 466. The van der Waals surface area contributed by atoms with E-state index in [4.69, 9.17) is 9.47 Å². The zero-order chi connectivity index (χ0) is 14.4. The molecule has 110 valence electrons. The van der Waals surface area contributed by atoms with Crippen molar-refractivity contribution in [2.24, 2.45) is 0 Å². The lowest BCUT2D eigenvalue weighted by molar-refractivity contribution is -0.121. The summed E-state index contributed by atoms with van der Waals surface area (Å²) in [6.45, 7) is 2.09. The third-order valence-electron chi connectivity index (χ3n) is 3.21. The lowest BCUT2D eigenvalue weighted by atomic mass is 10.1. The number of methoxy groups -OCH3 is 2. The summed E-state index contributed by atoms with van der Waals surface area (Å²) in [5, 5.41) is 7.87. The Morgan fingerprint density at radius 1 is 1.10 bits per heavy atom. The molecular weight excluding hydrogens is 290 g/mol. The smallest absolute Gasteiger partial charge is 0.171 e. The van der Waals surface area contributed by atoms with E-state index < -0.39 is 0 Å². The summed E-state index contributed by atoms with van der Waals surface area (Å²) in [5.74, 6) is 0. The van der Waals surface area contributed by atoms with Crippen molar-refractivity contribution in [3.8, 4) is 0 Å². The van der Waals surface area contributed by atoms with Crippen LogP contribution in [0.2, 0.25) is 0 Å². The minimum Gasteiger partial charge on any atom is -0.354 e. The van der Waals surface area contributed by atoms with Gasteiger partial charge in [-0.25, -0.2) is 0 Å². The molecule has 2 atom stereocenters.